The van der Waals surface area contributed by atoms with Crippen LogP contribution in [0.2, 0.25) is 0 Å². The van der Waals surface area contributed by atoms with Crippen molar-refractivity contribution in [1.82, 2.24) is 0 Å². The number of hydrogen-bond acceptors (Lipinski definition) is 2. The molecule has 2 nitrogen and oxygen atoms in total. The van der Waals surface area contributed by atoms with Crippen LogP contribution in [0.1, 0.15) is 25.7 Å². The summed E-state index contributed by atoms with van der Waals surface area (Å²) in [5, 5.41) is 0.0127. The van der Waals surface area contributed by atoms with Gasteiger partial charge in [0.15, 0.2) is 0 Å². The fourth-order valence-corrected chi connectivity index (χ4v) is 3.41. The van der Waals surface area contributed by atoms with Gasteiger partial charge in [0.05, 0.1) is 0 Å². The first-order valence-corrected chi connectivity index (χ1v) is 4.99. The summed E-state index contributed by atoms with van der Waals surface area (Å²) in [5.74, 6) is 1.26. The van der Waals surface area contributed by atoms with Crippen molar-refractivity contribution in [3.05, 3.63) is 0 Å². The molecule has 0 aromatic heterocycles. The Morgan fingerprint density at radius 2 is 2.00 bits per heavy atom. The van der Waals surface area contributed by atoms with E-state index in [1.807, 2.05) is 0 Å². The molecule has 2 saturated carbocycles. The molecule has 0 heterocycles. The Labute approximate surface area is 91.7 Å². The van der Waals surface area contributed by atoms with Crippen LogP contribution < -0.4 is 29.6 Å². The van der Waals surface area contributed by atoms with Gasteiger partial charge in [0.1, 0.15) is 0 Å². The zero-order valence-corrected chi connectivity index (χ0v) is 9.60. The fourth-order valence-electron chi connectivity index (χ4n) is 2.42. The maximum Gasteiger partial charge on any atom is 1.00 e. The maximum atomic E-state index is 10.6. The van der Waals surface area contributed by atoms with Crippen LogP contribution in [0.4, 0.5) is 0 Å². The predicted octanol–water partition coefficient (Wildman–Crippen LogP) is -1.94. The van der Waals surface area contributed by atoms with Gasteiger partial charge in [-0.1, -0.05) is 17.5 Å². The quantitative estimate of drug-likeness (QED) is 0.349. The second kappa shape index (κ2) is 3.88. The molecule has 0 aliphatic heterocycles. The van der Waals surface area contributed by atoms with Crippen molar-refractivity contribution in [3.8, 4) is 0 Å². The number of rotatable bonds is 1. The van der Waals surface area contributed by atoms with E-state index in [0.717, 1.165) is 18.8 Å². The van der Waals surface area contributed by atoms with Crippen molar-refractivity contribution < 1.29 is 38.3 Å². The smallest absolute Gasteiger partial charge is 0.772 e. The minimum Gasteiger partial charge on any atom is -0.772 e. The first-order valence-electron chi connectivity index (χ1n) is 3.85. The zero-order chi connectivity index (χ0) is 7.14. The molecule has 2 aliphatic carbocycles. The van der Waals surface area contributed by atoms with E-state index in [-0.39, 0.29) is 34.8 Å². The largest absolute Gasteiger partial charge is 1.00 e. The third-order valence-corrected chi connectivity index (χ3v) is 3.99. The molecule has 0 amide bonds. The first-order chi connectivity index (χ1) is 4.77. The molecule has 58 valence electrons. The van der Waals surface area contributed by atoms with Crippen molar-refractivity contribution in [2.45, 2.75) is 30.9 Å². The van der Waals surface area contributed by atoms with Gasteiger partial charge in [-0.05, 0) is 31.1 Å². The van der Waals surface area contributed by atoms with Gasteiger partial charge in [0.2, 0.25) is 0 Å². The summed E-state index contributed by atoms with van der Waals surface area (Å²) in [6.45, 7) is 0. The molecular formula is C7H11NaO2S. The van der Waals surface area contributed by atoms with Gasteiger partial charge >= 0.3 is 29.6 Å². The van der Waals surface area contributed by atoms with Crippen LogP contribution in [0.25, 0.3) is 0 Å². The van der Waals surface area contributed by atoms with Crippen LogP contribution in [0, 0.1) is 11.8 Å². The fraction of sp³-hybridized carbons (Fsp3) is 1.00. The Bertz CT molecular complexity index is 174. The predicted molar refractivity (Wildman–Crippen MR) is 38.2 cm³/mol. The molecule has 0 saturated heterocycles. The third-order valence-electron chi connectivity index (χ3n) is 2.92. The normalized spacial score (nSPS) is 43.5. The number of fused-ring (bicyclic) bond motifs is 2. The molecule has 0 aromatic carbocycles. The van der Waals surface area contributed by atoms with Crippen molar-refractivity contribution in [3.63, 3.8) is 0 Å². The Balaban J connectivity index is 0.000000605. The minimum absolute atomic E-state index is 0. The Morgan fingerprint density at radius 3 is 2.27 bits per heavy atom. The molecule has 0 aromatic rings. The van der Waals surface area contributed by atoms with Gasteiger partial charge < -0.3 is 4.55 Å². The van der Waals surface area contributed by atoms with Gasteiger partial charge in [-0.15, -0.1) is 0 Å². The van der Waals surface area contributed by atoms with Crippen molar-refractivity contribution in [2.24, 2.45) is 11.8 Å². The standard InChI is InChI=1S/C7H12O2S.Na/c8-10(9)7-4-5-1-2-6(7)3-5;/h5-7H,1-4H2,(H,8,9);/q;+1/p-1. The molecule has 0 radical (unpaired) electrons. The van der Waals surface area contributed by atoms with Crippen LogP contribution in [-0.4, -0.2) is 14.0 Å². The van der Waals surface area contributed by atoms with Gasteiger partial charge in [0, 0.05) is 5.25 Å². The van der Waals surface area contributed by atoms with Gasteiger partial charge in [-0.3, -0.25) is 4.21 Å². The third kappa shape index (κ3) is 1.89. The van der Waals surface area contributed by atoms with Crippen molar-refractivity contribution >= 4 is 11.1 Å². The minimum atomic E-state index is -1.79. The topological polar surface area (TPSA) is 40.1 Å². The van der Waals surface area contributed by atoms with E-state index < -0.39 is 11.1 Å². The summed E-state index contributed by atoms with van der Waals surface area (Å²) in [7, 11) is 0. The molecule has 4 atom stereocenters. The van der Waals surface area contributed by atoms with E-state index in [2.05, 4.69) is 0 Å². The van der Waals surface area contributed by atoms with E-state index in [9.17, 15) is 8.76 Å². The van der Waals surface area contributed by atoms with E-state index in [1.165, 1.54) is 12.8 Å². The van der Waals surface area contributed by atoms with Crippen molar-refractivity contribution in [1.29, 1.82) is 0 Å². The van der Waals surface area contributed by atoms with Crippen LogP contribution >= 0.6 is 0 Å². The molecular weight excluding hydrogens is 171 g/mol. The van der Waals surface area contributed by atoms with Crippen molar-refractivity contribution in [2.75, 3.05) is 0 Å². The molecule has 2 rings (SSSR count). The average Bonchev–Trinajstić information content (AvgIpc) is 2.44. The maximum absolute atomic E-state index is 10.6. The summed E-state index contributed by atoms with van der Waals surface area (Å²) in [5.41, 5.74) is 0. The van der Waals surface area contributed by atoms with Crippen LogP contribution in [0.15, 0.2) is 0 Å². The van der Waals surface area contributed by atoms with Gasteiger partial charge in [0.25, 0.3) is 0 Å². The second-order valence-corrected chi connectivity index (χ2v) is 4.60. The monoisotopic (exact) mass is 182 g/mol. The van der Waals surface area contributed by atoms with Gasteiger partial charge in [-0.2, -0.15) is 0 Å². The molecule has 4 heteroatoms. The van der Waals surface area contributed by atoms with E-state index in [1.54, 1.807) is 0 Å². The number of hydrogen-bond donors (Lipinski definition) is 0. The zero-order valence-electron chi connectivity index (χ0n) is 6.79. The first kappa shape index (κ1) is 10.2. The Kier molecular flexibility index (Phi) is 3.59. The summed E-state index contributed by atoms with van der Waals surface area (Å²) >= 11 is -1.79. The summed E-state index contributed by atoms with van der Waals surface area (Å²) in [4.78, 5) is 0. The van der Waals surface area contributed by atoms with Gasteiger partial charge in [-0.25, -0.2) is 0 Å². The second-order valence-electron chi connectivity index (χ2n) is 3.47. The van der Waals surface area contributed by atoms with Crippen LogP contribution in [0.3, 0.4) is 0 Å². The Morgan fingerprint density at radius 1 is 1.27 bits per heavy atom. The molecule has 11 heavy (non-hydrogen) atoms. The Hall–Kier alpha value is 1.11. The van der Waals surface area contributed by atoms with E-state index in [0.29, 0.717) is 5.92 Å². The molecule has 4 unspecified atom stereocenters. The van der Waals surface area contributed by atoms with Crippen LogP contribution in [0.5, 0.6) is 0 Å². The molecule has 0 N–H and O–H groups in total. The average molecular weight is 182 g/mol. The van der Waals surface area contributed by atoms with E-state index in [4.69, 9.17) is 0 Å². The van der Waals surface area contributed by atoms with Crippen LogP contribution in [-0.2, 0) is 11.1 Å². The summed E-state index contributed by atoms with van der Waals surface area (Å²) in [6, 6.07) is 0. The molecule has 2 aliphatic rings. The molecule has 2 fully saturated rings. The molecule has 2 bridgehead atoms. The van der Waals surface area contributed by atoms with E-state index >= 15 is 0 Å². The SMILES string of the molecule is O=S([O-])C1CC2CCC1C2.[Na+]. The summed E-state index contributed by atoms with van der Waals surface area (Å²) in [6.07, 6.45) is 4.56. The molecule has 0 spiro atoms. The summed E-state index contributed by atoms with van der Waals surface area (Å²) < 4.78 is 21.2.